The van der Waals surface area contributed by atoms with Crippen molar-refractivity contribution in [2.45, 2.75) is 50.1 Å². The maximum Gasteiger partial charge on any atom is 0.114 e. The van der Waals surface area contributed by atoms with Gasteiger partial charge in [-0.2, -0.15) is 0 Å². The minimum atomic E-state index is -0.112. The van der Waals surface area contributed by atoms with E-state index in [0.29, 0.717) is 0 Å². The molecule has 1 unspecified atom stereocenters. The van der Waals surface area contributed by atoms with Crippen LogP contribution in [0.3, 0.4) is 0 Å². The number of hydrogen-bond donors (Lipinski definition) is 2. The Morgan fingerprint density at radius 2 is 2.21 bits per heavy atom. The Labute approximate surface area is 120 Å². The van der Waals surface area contributed by atoms with E-state index in [9.17, 15) is 5.11 Å². The molecule has 0 saturated heterocycles. The van der Waals surface area contributed by atoms with Crippen molar-refractivity contribution < 1.29 is 5.11 Å². The number of thioether (sulfide) groups is 1. The Balaban J connectivity index is 2.32. The Morgan fingerprint density at radius 3 is 2.79 bits per heavy atom. The van der Waals surface area contributed by atoms with Crippen molar-refractivity contribution in [3.8, 4) is 0 Å². The molecular formula is C14H25N3OS. The van der Waals surface area contributed by atoms with Gasteiger partial charge in [0, 0.05) is 17.9 Å². The van der Waals surface area contributed by atoms with Crippen LogP contribution in [0.25, 0.3) is 0 Å². The summed E-state index contributed by atoms with van der Waals surface area (Å²) in [6, 6.07) is 0. The molecule has 0 amide bonds. The first-order valence-corrected chi connectivity index (χ1v) is 7.99. The zero-order chi connectivity index (χ0) is 14.0. The van der Waals surface area contributed by atoms with Crippen molar-refractivity contribution in [1.29, 1.82) is 0 Å². The Bertz CT molecular complexity index is 331. The topological polar surface area (TPSA) is 58.0 Å². The van der Waals surface area contributed by atoms with Gasteiger partial charge >= 0.3 is 0 Å². The van der Waals surface area contributed by atoms with E-state index in [1.807, 2.05) is 0 Å². The van der Waals surface area contributed by atoms with Crippen molar-refractivity contribution in [2.75, 3.05) is 18.9 Å². The molecule has 0 fully saturated rings. The molecule has 1 aromatic rings. The molecule has 1 aromatic heterocycles. The first-order valence-electron chi connectivity index (χ1n) is 7.01. The molecule has 19 heavy (non-hydrogen) atoms. The molecule has 1 heterocycles. The summed E-state index contributed by atoms with van der Waals surface area (Å²) in [5.41, 5.74) is -0.112. The van der Waals surface area contributed by atoms with E-state index in [-0.39, 0.29) is 12.1 Å². The second kappa shape index (κ2) is 9.28. The van der Waals surface area contributed by atoms with Crippen molar-refractivity contribution >= 4 is 11.8 Å². The molecule has 0 radical (unpaired) electrons. The fourth-order valence-electron chi connectivity index (χ4n) is 1.97. The first-order chi connectivity index (χ1) is 9.26. The fourth-order valence-corrected chi connectivity index (χ4v) is 2.74. The fraction of sp³-hybridized carbons (Fsp3) is 0.714. The zero-order valence-electron chi connectivity index (χ0n) is 11.9. The van der Waals surface area contributed by atoms with Crippen LogP contribution < -0.4 is 5.32 Å². The molecule has 5 heteroatoms. The minimum Gasteiger partial charge on any atom is -0.394 e. The molecule has 0 spiro atoms. The number of nitrogens with zero attached hydrogens (tertiary/aromatic N) is 2. The molecule has 1 rings (SSSR count). The summed E-state index contributed by atoms with van der Waals surface area (Å²) in [6.07, 6.45) is 9.30. The maximum atomic E-state index is 9.63. The average Bonchev–Trinajstić information content (AvgIpc) is 2.48. The van der Waals surface area contributed by atoms with E-state index in [4.69, 9.17) is 0 Å². The van der Waals surface area contributed by atoms with Crippen molar-refractivity contribution in [3.05, 3.63) is 18.6 Å². The molecule has 4 nitrogen and oxygen atoms in total. The molecule has 0 bridgehead atoms. The lowest BCUT2D eigenvalue weighted by molar-refractivity contribution is 0.146. The van der Waals surface area contributed by atoms with Crippen molar-refractivity contribution in [3.63, 3.8) is 0 Å². The quantitative estimate of drug-likeness (QED) is 0.510. The van der Waals surface area contributed by atoms with E-state index in [0.717, 1.165) is 43.0 Å². The van der Waals surface area contributed by atoms with Gasteiger partial charge in [0.2, 0.25) is 0 Å². The van der Waals surface area contributed by atoms with Crippen LogP contribution in [0, 0.1) is 0 Å². The highest BCUT2D eigenvalue weighted by atomic mass is 32.2. The summed E-state index contributed by atoms with van der Waals surface area (Å²) < 4.78 is 0. The SMILES string of the molecule is CCCNC(CC)(CO)CCCSc1cnccn1. The van der Waals surface area contributed by atoms with Gasteiger partial charge in [0.05, 0.1) is 12.8 Å². The smallest absolute Gasteiger partial charge is 0.114 e. The summed E-state index contributed by atoms with van der Waals surface area (Å²) in [7, 11) is 0. The number of nitrogens with one attached hydrogen (secondary N) is 1. The normalized spacial score (nSPS) is 14.3. The first kappa shape index (κ1) is 16.4. The monoisotopic (exact) mass is 283 g/mol. The molecule has 0 aromatic carbocycles. The third-order valence-electron chi connectivity index (χ3n) is 3.32. The summed E-state index contributed by atoms with van der Waals surface area (Å²) >= 11 is 1.72. The second-order valence-electron chi connectivity index (χ2n) is 4.71. The van der Waals surface area contributed by atoms with Crippen LogP contribution in [0.1, 0.15) is 39.5 Å². The van der Waals surface area contributed by atoms with Gasteiger partial charge in [-0.3, -0.25) is 4.98 Å². The lowest BCUT2D eigenvalue weighted by Gasteiger charge is -2.32. The van der Waals surface area contributed by atoms with Crippen LogP contribution >= 0.6 is 11.8 Å². The molecule has 0 aliphatic rings. The van der Waals surface area contributed by atoms with Gasteiger partial charge in [0.25, 0.3) is 0 Å². The summed E-state index contributed by atoms with van der Waals surface area (Å²) in [4.78, 5) is 8.29. The van der Waals surface area contributed by atoms with Gasteiger partial charge in [-0.15, -0.1) is 11.8 Å². The van der Waals surface area contributed by atoms with Crippen LogP contribution in [0.15, 0.2) is 23.6 Å². The average molecular weight is 283 g/mol. The Morgan fingerprint density at radius 1 is 1.37 bits per heavy atom. The summed E-state index contributed by atoms with van der Waals surface area (Å²) in [6.45, 7) is 5.45. The number of aromatic nitrogens is 2. The molecule has 108 valence electrons. The van der Waals surface area contributed by atoms with Crippen LogP contribution in [0.4, 0.5) is 0 Å². The van der Waals surface area contributed by atoms with E-state index < -0.39 is 0 Å². The molecule has 2 N–H and O–H groups in total. The number of rotatable bonds is 10. The van der Waals surface area contributed by atoms with Crippen molar-refractivity contribution in [1.82, 2.24) is 15.3 Å². The van der Waals surface area contributed by atoms with Gasteiger partial charge in [-0.25, -0.2) is 4.98 Å². The van der Waals surface area contributed by atoms with E-state index in [1.54, 1.807) is 30.4 Å². The molecule has 0 aliphatic heterocycles. The molecule has 1 atom stereocenters. The summed E-state index contributed by atoms with van der Waals surface area (Å²) in [5, 5.41) is 14.1. The van der Waals surface area contributed by atoms with Crippen LogP contribution in [-0.4, -0.2) is 39.5 Å². The van der Waals surface area contributed by atoms with Gasteiger partial charge < -0.3 is 10.4 Å². The van der Waals surface area contributed by atoms with Gasteiger partial charge in [0.15, 0.2) is 0 Å². The van der Waals surface area contributed by atoms with Crippen molar-refractivity contribution in [2.24, 2.45) is 0 Å². The highest BCUT2D eigenvalue weighted by Gasteiger charge is 2.25. The number of aliphatic hydroxyl groups is 1. The predicted octanol–water partition coefficient (Wildman–Crippen LogP) is 2.49. The second-order valence-corrected chi connectivity index (χ2v) is 5.83. The maximum absolute atomic E-state index is 9.63. The highest BCUT2D eigenvalue weighted by Crippen LogP contribution is 2.21. The van der Waals surface area contributed by atoms with E-state index in [1.165, 1.54) is 0 Å². The standard InChI is InChI=1S/C14H25N3OS/c1-3-7-17-14(4-2,12-18)6-5-10-19-13-11-15-8-9-16-13/h8-9,11,17-18H,3-7,10,12H2,1-2H3. The number of aliphatic hydroxyl groups excluding tert-OH is 1. The highest BCUT2D eigenvalue weighted by molar-refractivity contribution is 7.99. The molecule has 0 aliphatic carbocycles. The lowest BCUT2D eigenvalue weighted by atomic mass is 9.91. The van der Waals surface area contributed by atoms with Gasteiger partial charge in [0.1, 0.15) is 5.03 Å². The van der Waals surface area contributed by atoms with E-state index in [2.05, 4.69) is 29.1 Å². The Hall–Kier alpha value is -0.650. The zero-order valence-corrected chi connectivity index (χ0v) is 12.7. The predicted molar refractivity (Wildman–Crippen MR) is 80.4 cm³/mol. The molecule has 0 saturated carbocycles. The van der Waals surface area contributed by atoms with E-state index >= 15 is 0 Å². The van der Waals surface area contributed by atoms with Crippen LogP contribution in [0.2, 0.25) is 0 Å². The van der Waals surface area contributed by atoms with Gasteiger partial charge in [-0.05, 0) is 38.0 Å². The van der Waals surface area contributed by atoms with Crippen LogP contribution in [-0.2, 0) is 0 Å². The van der Waals surface area contributed by atoms with Crippen LogP contribution in [0.5, 0.6) is 0 Å². The van der Waals surface area contributed by atoms with Gasteiger partial charge in [-0.1, -0.05) is 13.8 Å². The Kier molecular flexibility index (Phi) is 8.02. The lowest BCUT2D eigenvalue weighted by Crippen LogP contribution is -2.48. The number of hydrogen-bond acceptors (Lipinski definition) is 5. The third kappa shape index (κ3) is 5.89. The summed E-state index contributed by atoms with van der Waals surface area (Å²) in [5.74, 6) is 1.01. The minimum absolute atomic E-state index is 0.112. The largest absolute Gasteiger partial charge is 0.394 e. The molecular weight excluding hydrogens is 258 g/mol. The third-order valence-corrected chi connectivity index (χ3v) is 4.32.